The topological polar surface area (TPSA) is 58.5 Å². The van der Waals surface area contributed by atoms with Gasteiger partial charge in [0.1, 0.15) is 6.10 Å². The van der Waals surface area contributed by atoms with E-state index < -0.39 is 0 Å². The third-order valence-corrected chi connectivity index (χ3v) is 6.12. The van der Waals surface area contributed by atoms with Crippen molar-refractivity contribution in [2.45, 2.75) is 31.2 Å². The Morgan fingerprint density at radius 2 is 1.79 bits per heavy atom. The van der Waals surface area contributed by atoms with E-state index >= 15 is 0 Å². The molecule has 1 N–H and O–H groups in total. The Morgan fingerprint density at radius 3 is 2.55 bits per heavy atom. The van der Waals surface area contributed by atoms with Gasteiger partial charge in [-0.3, -0.25) is 4.90 Å². The maximum atomic E-state index is 5.85. The molecule has 3 aromatic rings. The Labute approximate surface area is 169 Å². The van der Waals surface area contributed by atoms with Crippen molar-refractivity contribution in [3.05, 3.63) is 77.5 Å². The van der Waals surface area contributed by atoms with Crippen LogP contribution >= 0.6 is 0 Å². The van der Waals surface area contributed by atoms with E-state index in [-0.39, 0.29) is 12.3 Å². The van der Waals surface area contributed by atoms with Gasteiger partial charge in [0.25, 0.3) is 0 Å². The van der Waals surface area contributed by atoms with Gasteiger partial charge in [0, 0.05) is 23.8 Å². The molecule has 0 radical (unpaired) electrons. The molecule has 6 rings (SSSR count). The molecule has 146 valence electrons. The lowest BCUT2D eigenvalue weighted by molar-refractivity contribution is 0.268. The molecule has 3 aliphatic rings. The van der Waals surface area contributed by atoms with E-state index in [4.69, 9.17) is 14.8 Å². The Balaban J connectivity index is 1.21. The largest absolute Gasteiger partial charge is 0.341 e. The van der Waals surface area contributed by atoms with Crippen LogP contribution in [0.15, 0.2) is 66.4 Å². The van der Waals surface area contributed by atoms with Crippen molar-refractivity contribution in [1.29, 1.82) is 0 Å². The van der Waals surface area contributed by atoms with Gasteiger partial charge in [-0.2, -0.15) is 9.67 Å². The van der Waals surface area contributed by atoms with Crippen LogP contribution in [0, 0.1) is 0 Å². The summed E-state index contributed by atoms with van der Waals surface area (Å²) in [6, 6.07) is 19.4. The van der Waals surface area contributed by atoms with Crippen molar-refractivity contribution in [2.24, 2.45) is 0 Å². The fraction of sp³-hybridized carbons (Fsp3) is 0.304. The normalized spacial score (nSPS) is 22.3. The van der Waals surface area contributed by atoms with Crippen molar-refractivity contribution in [3.63, 3.8) is 0 Å². The quantitative estimate of drug-likeness (QED) is 0.699. The number of ether oxygens (including phenoxy) is 1. The molecule has 0 saturated carbocycles. The van der Waals surface area contributed by atoms with E-state index in [1.807, 2.05) is 35.0 Å². The minimum Gasteiger partial charge on any atom is -0.341 e. The number of benzene rings is 2. The first-order valence-electron chi connectivity index (χ1n) is 10.2. The summed E-state index contributed by atoms with van der Waals surface area (Å²) in [7, 11) is 2.20. The summed E-state index contributed by atoms with van der Waals surface area (Å²) >= 11 is 0. The number of hydrogen-bond donors (Lipinski definition) is 1. The highest BCUT2D eigenvalue weighted by atomic mass is 16.6. The van der Waals surface area contributed by atoms with Crippen molar-refractivity contribution >= 4 is 5.95 Å². The van der Waals surface area contributed by atoms with Crippen molar-refractivity contribution in [3.8, 4) is 11.4 Å². The van der Waals surface area contributed by atoms with Crippen LogP contribution in [0.3, 0.4) is 0 Å². The zero-order valence-electron chi connectivity index (χ0n) is 16.3. The molecule has 2 aliphatic heterocycles. The van der Waals surface area contributed by atoms with E-state index in [2.05, 4.69) is 47.6 Å². The molecule has 2 atom stereocenters. The Kier molecular flexibility index (Phi) is 3.82. The summed E-state index contributed by atoms with van der Waals surface area (Å²) in [6.45, 7) is 0.832. The molecule has 6 heteroatoms. The van der Waals surface area contributed by atoms with Crippen LogP contribution in [0.4, 0.5) is 5.95 Å². The zero-order chi connectivity index (χ0) is 19.4. The summed E-state index contributed by atoms with van der Waals surface area (Å²) in [6.07, 6.45) is 4.41. The van der Waals surface area contributed by atoms with Gasteiger partial charge in [0.05, 0.1) is 0 Å². The molecule has 0 bridgehead atoms. The lowest BCUT2D eigenvalue weighted by Crippen LogP contribution is -2.35. The average Bonchev–Trinajstić information content (AvgIpc) is 3.20. The highest BCUT2D eigenvalue weighted by Gasteiger charge is 2.44. The molecule has 3 heterocycles. The minimum absolute atomic E-state index is 0.0546. The Hall–Kier alpha value is -2.96. The van der Waals surface area contributed by atoms with Crippen LogP contribution in [0.1, 0.15) is 17.4 Å². The number of aromatic nitrogens is 3. The summed E-state index contributed by atoms with van der Waals surface area (Å²) in [4.78, 5) is 7.18. The Morgan fingerprint density at radius 1 is 1.07 bits per heavy atom. The number of rotatable bonds is 4. The smallest absolute Gasteiger partial charge is 0.228 e. The van der Waals surface area contributed by atoms with Gasteiger partial charge in [-0.1, -0.05) is 54.6 Å². The highest BCUT2D eigenvalue weighted by Crippen LogP contribution is 2.40. The first-order valence-corrected chi connectivity index (χ1v) is 10.2. The molecule has 1 aromatic heterocycles. The molecule has 6 nitrogen and oxygen atoms in total. The number of fused-ring (bicyclic) bond motifs is 4. The molecule has 1 fully saturated rings. The first kappa shape index (κ1) is 16.9. The number of likely N-dealkylation sites (N-methyl/N-ethyl adjacent to an activating group) is 1. The first-order chi connectivity index (χ1) is 14.2. The second-order valence-corrected chi connectivity index (χ2v) is 8.12. The summed E-state index contributed by atoms with van der Waals surface area (Å²) < 4.78 is 7.72. The lowest BCUT2D eigenvalue weighted by Gasteiger charge is -2.25. The van der Waals surface area contributed by atoms with Crippen LogP contribution in [-0.4, -0.2) is 45.4 Å². The standard InChI is InChI=1S/C23H23N5O/c1-27(19-11-16-9-5-6-10-17(16)12-19)14-18-13-20-22(29-20)28-23(24-18)25-21(26-28)15-7-3-2-4-8-15/h2-10,13,19-20,22H,11-12,14H2,1H3,(H,24,25,26). The van der Waals surface area contributed by atoms with Crippen molar-refractivity contribution < 1.29 is 4.74 Å². The predicted molar refractivity (Wildman–Crippen MR) is 111 cm³/mol. The van der Waals surface area contributed by atoms with Crippen LogP contribution < -0.4 is 5.32 Å². The van der Waals surface area contributed by atoms with Gasteiger partial charge in [0.2, 0.25) is 5.95 Å². The number of epoxide rings is 1. The van der Waals surface area contributed by atoms with Crippen LogP contribution in [0.2, 0.25) is 0 Å². The number of hydrogen-bond acceptors (Lipinski definition) is 5. The third-order valence-electron chi connectivity index (χ3n) is 6.12. The minimum atomic E-state index is -0.0546. The molecule has 1 aliphatic carbocycles. The van der Waals surface area contributed by atoms with Crippen molar-refractivity contribution in [1.82, 2.24) is 19.7 Å². The maximum absolute atomic E-state index is 5.85. The van der Waals surface area contributed by atoms with Gasteiger partial charge in [0.15, 0.2) is 12.1 Å². The van der Waals surface area contributed by atoms with Gasteiger partial charge in [-0.05, 0) is 37.1 Å². The van der Waals surface area contributed by atoms with E-state index in [0.717, 1.165) is 42.4 Å². The number of nitrogens with one attached hydrogen (secondary N) is 1. The van der Waals surface area contributed by atoms with Gasteiger partial charge < -0.3 is 10.1 Å². The monoisotopic (exact) mass is 385 g/mol. The summed E-state index contributed by atoms with van der Waals surface area (Å²) in [5, 5.41) is 8.21. The Bertz CT molecular complexity index is 1060. The molecular formula is C23H23N5O. The lowest BCUT2D eigenvalue weighted by atomic mass is 10.1. The van der Waals surface area contributed by atoms with Crippen LogP contribution in [0.5, 0.6) is 0 Å². The van der Waals surface area contributed by atoms with Crippen molar-refractivity contribution in [2.75, 3.05) is 18.9 Å². The highest BCUT2D eigenvalue weighted by molar-refractivity contribution is 5.57. The molecule has 0 amide bonds. The third kappa shape index (κ3) is 3.05. The van der Waals surface area contributed by atoms with Gasteiger partial charge in [-0.25, -0.2) is 0 Å². The van der Waals surface area contributed by atoms with E-state index in [9.17, 15) is 0 Å². The fourth-order valence-electron chi connectivity index (χ4n) is 4.45. The second kappa shape index (κ2) is 6.54. The fourth-order valence-corrected chi connectivity index (χ4v) is 4.45. The predicted octanol–water partition coefficient (Wildman–Crippen LogP) is 3.25. The molecular weight excluding hydrogens is 362 g/mol. The molecule has 2 unspecified atom stereocenters. The zero-order valence-corrected chi connectivity index (χ0v) is 16.3. The summed E-state index contributed by atoms with van der Waals surface area (Å²) in [5.74, 6) is 1.48. The SMILES string of the molecule is CN(CC1=CC2OC2n2nc(-c3ccccc3)nc2N1)C1Cc2ccccc2C1. The van der Waals surface area contributed by atoms with Crippen LogP contribution in [0.25, 0.3) is 11.4 Å². The molecule has 2 aromatic carbocycles. The van der Waals surface area contributed by atoms with Gasteiger partial charge >= 0.3 is 0 Å². The molecule has 29 heavy (non-hydrogen) atoms. The second-order valence-electron chi connectivity index (χ2n) is 8.12. The number of anilines is 1. The maximum Gasteiger partial charge on any atom is 0.228 e. The van der Waals surface area contributed by atoms with Gasteiger partial charge in [-0.15, -0.1) is 5.10 Å². The average molecular weight is 385 g/mol. The molecule has 1 saturated heterocycles. The molecule has 0 spiro atoms. The summed E-state index contributed by atoms with van der Waals surface area (Å²) in [5.41, 5.74) is 5.09. The number of nitrogens with zero attached hydrogens (tertiary/aromatic N) is 4. The van der Waals surface area contributed by atoms with Crippen LogP contribution in [-0.2, 0) is 17.6 Å². The van der Waals surface area contributed by atoms with E-state index in [1.165, 1.54) is 11.1 Å². The van der Waals surface area contributed by atoms with E-state index in [1.54, 1.807) is 0 Å². The van der Waals surface area contributed by atoms with E-state index in [0.29, 0.717) is 6.04 Å².